The zero-order valence-electron chi connectivity index (χ0n) is 13.4. The molecule has 22 heavy (non-hydrogen) atoms. The summed E-state index contributed by atoms with van der Waals surface area (Å²) in [6, 6.07) is 6.57. The van der Waals surface area contributed by atoms with E-state index in [4.69, 9.17) is 16.7 Å². The van der Waals surface area contributed by atoms with Crippen LogP contribution in [0, 0.1) is 6.92 Å². The van der Waals surface area contributed by atoms with Gasteiger partial charge in [0.25, 0.3) is 0 Å². The third-order valence-electron chi connectivity index (χ3n) is 4.33. The molecule has 5 heteroatoms. The van der Waals surface area contributed by atoms with Crippen molar-refractivity contribution in [2.24, 2.45) is 0 Å². The van der Waals surface area contributed by atoms with E-state index in [-0.39, 0.29) is 6.54 Å². The van der Waals surface area contributed by atoms with Crippen LogP contribution in [0.4, 0.5) is 0 Å². The number of benzene rings is 1. The molecular formula is C17H25ClN2O2. The monoisotopic (exact) mass is 324 g/mol. The van der Waals surface area contributed by atoms with E-state index < -0.39 is 5.97 Å². The molecule has 1 heterocycles. The van der Waals surface area contributed by atoms with Gasteiger partial charge in [-0.25, -0.2) is 0 Å². The minimum atomic E-state index is -0.737. The number of hydrogen-bond donors (Lipinski definition) is 1. The fraction of sp³-hybridized carbons (Fsp3) is 0.588. The van der Waals surface area contributed by atoms with Crippen molar-refractivity contribution in [1.82, 2.24) is 9.80 Å². The lowest BCUT2D eigenvalue weighted by Crippen LogP contribution is -2.46. The number of carboxylic acids is 1. The summed E-state index contributed by atoms with van der Waals surface area (Å²) in [5.41, 5.74) is 2.44. The van der Waals surface area contributed by atoms with Crippen molar-refractivity contribution in [3.63, 3.8) is 0 Å². The number of hydrogen-bond acceptors (Lipinski definition) is 3. The summed E-state index contributed by atoms with van der Waals surface area (Å²) in [5.74, 6) is -0.737. The van der Waals surface area contributed by atoms with Gasteiger partial charge < -0.3 is 5.11 Å². The molecule has 1 N–H and O–H groups in total. The molecule has 1 fully saturated rings. The number of likely N-dealkylation sites (N-methyl/N-ethyl adjacent to an activating group) is 1. The first kappa shape index (κ1) is 17.3. The number of piperidine rings is 1. The summed E-state index contributed by atoms with van der Waals surface area (Å²) in [4.78, 5) is 15.4. The molecular weight excluding hydrogens is 300 g/mol. The molecule has 1 aromatic rings. The molecule has 0 spiro atoms. The van der Waals surface area contributed by atoms with E-state index in [0.717, 1.165) is 44.0 Å². The van der Waals surface area contributed by atoms with Crippen molar-refractivity contribution in [3.8, 4) is 0 Å². The van der Waals surface area contributed by atoms with Gasteiger partial charge in [-0.1, -0.05) is 24.6 Å². The maximum absolute atomic E-state index is 10.9. The number of aliphatic carboxylic acids is 1. The quantitative estimate of drug-likeness (QED) is 0.873. The molecule has 1 aliphatic heterocycles. The highest BCUT2D eigenvalue weighted by molar-refractivity contribution is 6.30. The Kier molecular flexibility index (Phi) is 6.24. The zero-order valence-corrected chi connectivity index (χ0v) is 14.1. The largest absolute Gasteiger partial charge is 0.480 e. The summed E-state index contributed by atoms with van der Waals surface area (Å²) >= 11 is 6.12. The van der Waals surface area contributed by atoms with Crippen LogP contribution in [0.15, 0.2) is 18.2 Å². The third-order valence-corrected chi connectivity index (χ3v) is 4.54. The maximum Gasteiger partial charge on any atom is 0.317 e. The van der Waals surface area contributed by atoms with Gasteiger partial charge in [-0.2, -0.15) is 0 Å². The van der Waals surface area contributed by atoms with Crippen LogP contribution in [-0.4, -0.2) is 53.1 Å². The summed E-state index contributed by atoms with van der Waals surface area (Å²) in [5, 5.41) is 9.77. The van der Waals surface area contributed by atoms with Gasteiger partial charge in [-0.15, -0.1) is 0 Å². The molecule has 1 saturated heterocycles. The molecule has 0 radical (unpaired) electrons. The number of carboxylic acid groups (broad SMARTS) is 1. The lowest BCUT2D eigenvalue weighted by molar-refractivity contribution is -0.139. The second kappa shape index (κ2) is 7.95. The second-order valence-corrected chi connectivity index (χ2v) is 6.54. The van der Waals surface area contributed by atoms with Gasteiger partial charge in [0.15, 0.2) is 0 Å². The predicted octanol–water partition coefficient (Wildman–Crippen LogP) is 3.02. The molecule has 2 rings (SSSR count). The Hall–Kier alpha value is -1.10. The molecule has 4 nitrogen and oxygen atoms in total. The van der Waals surface area contributed by atoms with E-state index in [9.17, 15) is 4.79 Å². The molecule has 0 bridgehead atoms. The molecule has 0 unspecified atom stereocenters. The average Bonchev–Trinajstić information content (AvgIpc) is 2.44. The van der Waals surface area contributed by atoms with Gasteiger partial charge in [0.05, 0.1) is 6.54 Å². The first-order valence-electron chi connectivity index (χ1n) is 7.92. The van der Waals surface area contributed by atoms with Crippen molar-refractivity contribution >= 4 is 17.6 Å². The number of carbonyl (C=O) groups is 1. The maximum atomic E-state index is 10.9. The van der Waals surface area contributed by atoms with Gasteiger partial charge in [0.2, 0.25) is 0 Å². The molecule has 0 aromatic heterocycles. The Labute approximate surface area is 137 Å². The lowest BCUT2D eigenvalue weighted by atomic mass is 10.0. The fourth-order valence-electron chi connectivity index (χ4n) is 3.28. The van der Waals surface area contributed by atoms with E-state index in [1.54, 1.807) is 0 Å². The van der Waals surface area contributed by atoms with E-state index >= 15 is 0 Å². The molecule has 1 aromatic carbocycles. The third kappa shape index (κ3) is 4.97. The number of likely N-dealkylation sites (tertiary alicyclic amines) is 1. The highest BCUT2D eigenvalue weighted by atomic mass is 35.5. The summed E-state index contributed by atoms with van der Waals surface area (Å²) in [7, 11) is 0. The van der Waals surface area contributed by atoms with E-state index in [1.807, 2.05) is 19.1 Å². The van der Waals surface area contributed by atoms with Crippen LogP contribution >= 0.6 is 11.6 Å². The first-order chi connectivity index (χ1) is 10.5. The minimum Gasteiger partial charge on any atom is -0.480 e. The Morgan fingerprint density at radius 2 is 2.05 bits per heavy atom. The SMILES string of the molecule is CCN(CC(=O)O)C1CCN(Cc2cc(C)cc(Cl)c2)CC1. The van der Waals surface area contributed by atoms with Crippen LogP contribution in [0.5, 0.6) is 0 Å². The van der Waals surface area contributed by atoms with Gasteiger partial charge in [-0.05, 0) is 62.7 Å². The Morgan fingerprint density at radius 3 is 2.59 bits per heavy atom. The van der Waals surface area contributed by atoms with Crippen LogP contribution in [0.1, 0.15) is 30.9 Å². The molecule has 1 aliphatic rings. The Morgan fingerprint density at radius 1 is 1.36 bits per heavy atom. The summed E-state index contributed by atoms with van der Waals surface area (Å²) in [6.45, 7) is 7.97. The van der Waals surface area contributed by atoms with E-state index in [2.05, 4.69) is 22.8 Å². The Balaban J connectivity index is 1.87. The molecule has 0 saturated carbocycles. The van der Waals surface area contributed by atoms with Gasteiger partial charge in [0, 0.05) is 17.6 Å². The number of halogens is 1. The Bertz CT molecular complexity index is 493. The normalized spacial score (nSPS) is 17.1. The lowest BCUT2D eigenvalue weighted by Gasteiger charge is -2.37. The zero-order chi connectivity index (χ0) is 16.1. The standard InChI is InChI=1S/C17H25ClN2O2/c1-3-20(12-17(21)22)16-4-6-19(7-5-16)11-14-8-13(2)9-15(18)10-14/h8-10,16H,3-7,11-12H2,1-2H3,(H,21,22). The summed E-state index contributed by atoms with van der Waals surface area (Å²) in [6.07, 6.45) is 2.06. The second-order valence-electron chi connectivity index (χ2n) is 6.10. The molecule has 0 aliphatic carbocycles. The number of nitrogens with zero attached hydrogens (tertiary/aromatic N) is 2. The minimum absolute atomic E-state index is 0.147. The smallest absolute Gasteiger partial charge is 0.317 e. The van der Waals surface area contributed by atoms with Crippen LogP contribution in [0.3, 0.4) is 0 Å². The van der Waals surface area contributed by atoms with Crippen molar-refractivity contribution < 1.29 is 9.90 Å². The molecule has 0 atom stereocenters. The van der Waals surface area contributed by atoms with Crippen molar-refractivity contribution in [2.45, 2.75) is 39.3 Å². The van der Waals surface area contributed by atoms with Crippen molar-refractivity contribution in [2.75, 3.05) is 26.2 Å². The number of rotatable bonds is 6. The number of aryl methyl sites for hydroxylation is 1. The van der Waals surface area contributed by atoms with Crippen LogP contribution < -0.4 is 0 Å². The molecule has 122 valence electrons. The van der Waals surface area contributed by atoms with Gasteiger partial charge in [0.1, 0.15) is 0 Å². The van der Waals surface area contributed by atoms with Crippen molar-refractivity contribution in [1.29, 1.82) is 0 Å². The van der Waals surface area contributed by atoms with Crippen LogP contribution in [0.25, 0.3) is 0 Å². The summed E-state index contributed by atoms with van der Waals surface area (Å²) < 4.78 is 0. The highest BCUT2D eigenvalue weighted by Gasteiger charge is 2.24. The average molecular weight is 325 g/mol. The van der Waals surface area contributed by atoms with Crippen molar-refractivity contribution in [3.05, 3.63) is 34.3 Å². The van der Waals surface area contributed by atoms with Crippen LogP contribution in [0.2, 0.25) is 5.02 Å². The van der Waals surface area contributed by atoms with E-state index in [1.165, 1.54) is 11.1 Å². The fourth-order valence-corrected chi connectivity index (χ4v) is 3.59. The topological polar surface area (TPSA) is 43.8 Å². The highest BCUT2D eigenvalue weighted by Crippen LogP contribution is 2.20. The van der Waals surface area contributed by atoms with E-state index in [0.29, 0.717) is 6.04 Å². The van der Waals surface area contributed by atoms with Crippen LogP contribution in [-0.2, 0) is 11.3 Å². The predicted molar refractivity (Wildman–Crippen MR) is 89.4 cm³/mol. The van der Waals surface area contributed by atoms with Gasteiger partial charge >= 0.3 is 5.97 Å². The van der Waals surface area contributed by atoms with Gasteiger partial charge in [-0.3, -0.25) is 14.6 Å². The molecule has 0 amide bonds. The first-order valence-corrected chi connectivity index (χ1v) is 8.30.